The Morgan fingerprint density at radius 3 is 2.60 bits per heavy atom. The Kier molecular flexibility index (Phi) is 4.30. The van der Waals surface area contributed by atoms with E-state index in [1.165, 1.54) is 6.20 Å². The Labute approximate surface area is 117 Å². The molecule has 1 N–H and O–H groups in total. The average Bonchev–Trinajstić information content (AvgIpc) is 2.45. The highest BCUT2D eigenvalue weighted by atomic mass is 16.2. The molecule has 1 heterocycles. The van der Waals surface area contributed by atoms with E-state index in [0.29, 0.717) is 18.9 Å². The Balaban J connectivity index is 2.23. The highest BCUT2D eigenvalue weighted by Crippen LogP contribution is 2.07. The van der Waals surface area contributed by atoms with Crippen LogP contribution in [0.15, 0.2) is 41.3 Å². The zero-order valence-corrected chi connectivity index (χ0v) is 11.6. The fraction of sp³-hybridized carbons (Fsp3) is 0.267. The summed E-state index contributed by atoms with van der Waals surface area (Å²) in [6.07, 6.45) is 1.34. The largest absolute Gasteiger partial charge is 0.334 e. The molecule has 2 aromatic rings. The molecule has 5 heteroatoms. The molecule has 0 aliphatic heterocycles. The first-order valence-corrected chi connectivity index (χ1v) is 6.51. The summed E-state index contributed by atoms with van der Waals surface area (Å²) in [5.41, 5.74) is 0.710. The summed E-state index contributed by atoms with van der Waals surface area (Å²) in [7, 11) is 0. The van der Waals surface area contributed by atoms with E-state index in [1.807, 2.05) is 37.3 Å². The minimum absolute atomic E-state index is 0.0772. The molecule has 0 radical (unpaired) electrons. The van der Waals surface area contributed by atoms with Crippen molar-refractivity contribution in [1.29, 1.82) is 0 Å². The van der Waals surface area contributed by atoms with Gasteiger partial charge in [0.2, 0.25) is 0 Å². The number of aromatic amines is 1. The van der Waals surface area contributed by atoms with Crippen molar-refractivity contribution in [2.24, 2.45) is 0 Å². The number of amides is 1. The molecule has 0 aliphatic carbocycles. The van der Waals surface area contributed by atoms with Gasteiger partial charge in [0.15, 0.2) is 0 Å². The topological polar surface area (TPSA) is 66.1 Å². The maximum absolute atomic E-state index is 12.4. The number of nitrogens with zero attached hydrogens (tertiary/aromatic N) is 2. The van der Waals surface area contributed by atoms with Gasteiger partial charge in [-0.2, -0.15) is 0 Å². The van der Waals surface area contributed by atoms with Crippen LogP contribution in [0.3, 0.4) is 0 Å². The second-order valence-electron chi connectivity index (χ2n) is 4.52. The van der Waals surface area contributed by atoms with E-state index in [9.17, 15) is 9.59 Å². The molecule has 0 bridgehead atoms. The maximum atomic E-state index is 12.4. The van der Waals surface area contributed by atoms with Crippen LogP contribution in [0.1, 0.15) is 28.7 Å². The Morgan fingerprint density at radius 1 is 1.30 bits per heavy atom. The monoisotopic (exact) mass is 271 g/mol. The lowest BCUT2D eigenvalue weighted by atomic mass is 10.2. The van der Waals surface area contributed by atoms with Gasteiger partial charge in [0.05, 0.1) is 0 Å². The summed E-state index contributed by atoms with van der Waals surface area (Å²) in [5.74, 6) is 0.197. The number of hydrogen-bond acceptors (Lipinski definition) is 3. The highest BCUT2D eigenvalue weighted by Gasteiger charge is 2.18. The zero-order valence-electron chi connectivity index (χ0n) is 11.6. The second-order valence-corrected chi connectivity index (χ2v) is 4.52. The predicted octanol–water partition coefficient (Wildman–Crippen LogP) is 1.74. The lowest BCUT2D eigenvalue weighted by molar-refractivity contribution is 0.0750. The third-order valence-electron chi connectivity index (χ3n) is 3.04. The minimum atomic E-state index is -0.394. The van der Waals surface area contributed by atoms with Gasteiger partial charge in [-0.15, -0.1) is 0 Å². The van der Waals surface area contributed by atoms with Crippen molar-refractivity contribution in [2.45, 2.75) is 20.4 Å². The van der Waals surface area contributed by atoms with E-state index >= 15 is 0 Å². The van der Waals surface area contributed by atoms with Gasteiger partial charge in [0.1, 0.15) is 11.4 Å². The SMILES string of the molecule is CCN(Cc1ccccc1)C(=O)c1cnc(C)[nH]c1=O. The van der Waals surface area contributed by atoms with Gasteiger partial charge in [0, 0.05) is 19.3 Å². The van der Waals surface area contributed by atoms with Gasteiger partial charge in [-0.25, -0.2) is 4.98 Å². The quantitative estimate of drug-likeness (QED) is 0.921. The fourth-order valence-electron chi connectivity index (χ4n) is 1.94. The van der Waals surface area contributed by atoms with E-state index in [0.717, 1.165) is 5.56 Å². The molecule has 0 fully saturated rings. The number of benzene rings is 1. The van der Waals surface area contributed by atoms with Crippen LogP contribution in [0.25, 0.3) is 0 Å². The Morgan fingerprint density at radius 2 is 2.00 bits per heavy atom. The number of H-pyrrole nitrogens is 1. The minimum Gasteiger partial charge on any atom is -0.334 e. The molecule has 0 spiro atoms. The molecule has 0 unspecified atom stereocenters. The molecule has 104 valence electrons. The summed E-state index contributed by atoms with van der Waals surface area (Å²) >= 11 is 0. The summed E-state index contributed by atoms with van der Waals surface area (Å²) in [4.78, 5) is 32.3. The van der Waals surface area contributed by atoms with Gasteiger partial charge in [-0.3, -0.25) is 9.59 Å². The van der Waals surface area contributed by atoms with E-state index in [-0.39, 0.29) is 11.5 Å². The van der Waals surface area contributed by atoms with Crippen LogP contribution in [-0.4, -0.2) is 27.3 Å². The van der Waals surface area contributed by atoms with Crippen LogP contribution in [0, 0.1) is 6.92 Å². The Bertz CT molecular complexity index is 650. The van der Waals surface area contributed by atoms with Gasteiger partial charge >= 0.3 is 0 Å². The molecule has 0 aliphatic rings. The number of aryl methyl sites for hydroxylation is 1. The first-order chi connectivity index (χ1) is 9.61. The van der Waals surface area contributed by atoms with Crippen molar-refractivity contribution < 1.29 is 4.79 Å². The number of carbonyl (C=O) groups is 1. The molecule has 2 rings (SSSR count). The van der Waals surface area contributed by atoms with Crippen molar-refractivity contribution >= 4 is 5.91 Å². The van der Waals surface area contributed by atoms with E-state index in [4.69, 9.17) is 0 Å². The number of aromatic nitrogens is 2. The second kappa shape index (κ2) is 6.14. The Hall–Kier alpha value is -2.43. The summed E-state index contributed by atoms with van der Waals surface area (Å²) in [6.45, 7) is 4.57. The number of hydrogen-bond donors (Lipinski definition) is 1. The first-order valence-electron chi connectivity index (χ1n) is 6.51. The van der Waals surface area contributed by atoms with Crippen LogP contribution in [0.2, 0.25) is 0 Å². The lowest BCUT2D eigenvalue weighted by Gasteiger charge is -2.20. The van der Waals surface area contributed by atoms with Crippen LogP contribution < -0.4 is 5.56 Å². The molecule has 20 heavy (non-hydrogen) atoms. The number of rotatable bonds is 4. The predicted molar refractivity (Wildman–Crippen MR) is 76.5 cm³/mol. The maximum Gasteiger partial charge on any atom is 0.263 e. The van der Waals surface area contributed by atoms with Crippen molar-refractivity contribution in [1.82, 2.24) is 14.9 Å². The summed E-state index contributed by atoms with van der Waals surface area (Å²) in [5, 5.41) is 0. The molecular formula is C15H17N3O2. The molecular weight excluding hydrogens is 254 g/mol. The van der Waals surface area contributed by atoms with E-state index in [2.05, 4.69) is 9.97 Å². The summed E-state index contributed by atoms with van der Waals surface area (Å²) < 4.78 is 0. The molecule has 0 saturated heterocycles. The average molecular weight is 271 g/mol. The van der Waals surface area contributed by atoms with Crippen molar-refractivity contribution in [3.63, 3.8) is 0 Å². The third-order valence-corrected chi connectivity index (χ3v) is 3.04. The van der Waals surface area contributed by atoms with E-state index < -0.39 is 5.56 Å². The van der Waals surface area contributed by atoms with Crippen LogP contribution >= 0.6 is 0 Å². The first kappa shape index (κ1) is 14.0. The number of carbonyl (C=O) groups excluding carboxylic acids is 1. The molecule has 1 amide bonds. The molecule has 1 aromatic carbocycles. The molecule has 5 nitrogen and oxygen atoms in total. The van der Waals surface area contributed by atoms with Gasteiger partial charge in [0.25, 0.3) is 11.5 Å². The normalized spacial score (nSPS) is 10.3. The van der Waals surface area contributed by atoms with Crippen molar-refractivity contribution in [2.75, 3.05) is 6.54 Å². The van der Waals surface area contributed by atoms with Gasteiger partial charge in [-0.05, 0) is 19.4 Å². The summed E-state index contributed by atoms with van der Waals surface area (Å²) in [6, 6.07) is 9.68. The standard InChI is InChI=1S/C15H17N3O2/c1-3-18(10-12-7-5-4-6-8-12)15(20)13-9-16-11(2)17-14(13)19/h4-9H,3,10H2,1-2H3,(H,16,17,19). The van der Waals surface area contributed by atoms with E-state index in [1.54, 1.807) is 11.8 Å². The smallest absolute Gasteiger partial charge is 0.263 e. The fourth-order valence-corrected chi connectivity index (χ4v) is 1.94. The zero-order chi connectivity index (χ0) is 14.5. The molecule has 0 saturated carbocycles. The van der Waals surface area contributed by atoms with Gasteiger partial charge < -0.3 is 9.88 Å². The van der Waals surface area contributed by atoms with Crippen molar-refractivity contribution in [3.8, 4) is 0 Å². The number of nitrogens with one attached hydrogen (secondary N) is 1. The molecule has 1 aromatic heterocycles. The van der Waals surface area contributed by atoms with Gasteiger partial charge in [-0.1, -0.05) is 30.3 Å². The third kappa shape index (κ3) is 3.12. The van der Waals surface area contributed by atoms with Crippen LogP contribution in [0.4, 0.5) is 0 Å². The highest BCUT2D eigenvalue weighted by molar-refractivity contribution is 5.93. The van der Waals surface area contributed by atoms with Crippen molar-refractivity contribution in [3.05, 3.63) is 63.8 Å². The van der Waals surface area contributed by atoms with Crippen LogP contribution in [-0.2, 0) is 6.54 Å². The molecule has 0 atom stereocenters. The lowest BCUT2D eigenvalue weighted by Crippen LogP contribution is -2.34. The van der Waals surface area contributed by atoms with Crippen LogP contribution in [0.5, 0.6) is 0 Å².